The zero-order valence-electron chi connectivity index (χ0n) is 11.4. The predicted octanol–water partition coefficient (Wildman–Crippen LogP) is 3.31. The van der Waals surface area contributed by atoms with Crippen LogP contribution in [0.25, 0.3) is 0 Å². The van der Waals surface area contributed by atoms with E-state index >= 15 is 0 Å². The van der Waals surface area contributed by atoms with E-state index in [9.17, 15) is 5.11 Å². The molecule has 104 valence electrons. The zero-order chi connectivity index (χ0) is 13.9. The summed E-state index contributed by atoms with van der Waals surface area (Å²) in [6, 6.07) is 13.5. The van der Waals surface area contributed by atoms with Crippen molar-refractivity contribution in [3.63, 3.8) is 0 Å². The molecule has 1 aliphatic carbocycles. The first-order valence-electron chi connectivity index (χ1n) is 7.01. The van der Waals surface area contributed by atoms with Crippen molar-refractivity contribution in [2.75, 3.05) is 0 Å². The van der Waals surface area contributed by atoms with E-state index in [-0.39, 0.29) is 11.8 Å². The molecule has 0 spiro atoms. The number of phenols is 1. The van der Waals surface area contributed by atoms with E-state index in [0.717, 1.165) is 30.6 Å². The molecule has 0 amide bonds. The molecule has 0 aliphatic heterocycles. The molecule has 0 bridgehead atoms. The molecule has 1 unspecified atom stereocenters. The topological polar surface area (TPSA) is 55.5 Å². The van der Waals surface area contributed by atoms with Crippen LogP contribution in [-0.4, -0.2) is 5.11 Å². The average Bonchev–Trinajstić information content (AvgIpc) is 2.45. The van der Waals surface area contributed by atoms with E-state index < -0.39 is 0 Å². The maximum absolute atomic E-state index is 9.43. The van der Waals surface area contributed by atoms with E-state index in [1.807, 2.05) is 18.2 Å². The second kappa shape index (κ2) is 5.55. The quantitative estimate of drug-likeness (QED) is 0.898. The Bertz CT molecular complexity index is 610. The Balaban J connectivity index is 1.72. The van der Waals surface area contributed by atoms with E-state index in [4.69, 9.17) is 10.5 Å². The van der Waals surface area contributed by atoms with Crippen LogP contribution in [0.5, 0.6) is 11.5 Å². The Morgan fingerprint density at radius 3 is 2.95 bits per heavy atom. The number of hydrogen-bond acceptors (Lipinski definition) is 3. The molecular weight excluding hydrogens is 250 g/mol. The van der Waals surface area contributed by atoms with Gasteiger partial charge in [-0.15, -0.1) is 0 Å². The fourth-order valence-corrected chi connectivity index (χ4v) is 2.73. The molecule has 3 heteroatoms. The molecule has 0 saturated heterocycles. The minimum atomic E-state index is 0.166. The first-order valence-corrected chi connectivity index (χ1v) is 7.01. The molecule has 1 atom stereocenters. The number of phenolic OH excluding ortho intramolecular Hbond substituents is 1. The van der Waals surface area contributed by atoms with Crippen molar-refractivity contribution < 1.29 is 9.84 Å². The normalized spacial score (nSPS) is 17.6. The van der Waals surface area contributed by atoms with Gasteiger partial charge in [0.1, 0.15) is 18.1 Å². The number of aryl methyl sites for hydroxylation is 1. The number of aromatic hydroxyl groups is 1. The van der Waals surface area contributed by atoms with Gasteiger partial charge < -0.3 is 15.6 Å². The van der Waals surface area contributed by atoms with Crippen LogP contribution in [0.2, 0.25) is 0 Å². The summed E-state index contributed by atoms with van der Waals surface area (Å²) in [5.41, 5.74) is 9.62. The van der Waals surface area contributed by atoms with Crippen LogP contribution in [0, 0.1) is 0 Å². The molecule has 2 aromatic carbocycles. The van der Waals surface area contributed by atoms with Gasteiger partial charge in [-0.05, 0) is 60.2 Å². The van der Waals surface area contributed by atoms with Crippen molar-refractivity contribution in [1.82, 2.24) is 0 Å². The Morgan fingerprint density at radius 1 is 1.20 bits per heavy atom. The van der Waals surface area contributed by atoms with Crippen molar-refractivity contribution in [3.8, 4) is 11.5 Å². The minimum Gasteiger partial charge on any atom is -0.508 e. The van der Waals surface area contributed by atoms with Crippen LogP contribution < -0.4 is 10.5 Å². The average molecular weight is 269 g/mol. The number of benzene rings is 2. The molecule has 0 heterocycles. The van der Waals surface area contributed by atoms with Gasteiger partial charge in [0.2, 0.25) is 0 Å². The fourth-order valence-electron chi connectivity index (χ4n) is 2.73. The number of hydrogen-bond donors (Lipinski definition) is 2. The van der Waals surface area contributed by atoms with Gasteiger partial charge in [0.05, 0.1) is 0 Å². The largest absolute Gasteiger partial charge is 0.508 e. The zero-order valence-corrected chi connectivity index (χ0v) is 11.4. The number of fused-ring (bicyclic) bond motifs is 1. The third kappa shape index (κ3) is 2.78. The molecule has 3 rings (SSSR count). The van der Waals surface area contributed by atoms with Crippen LogP contribution >= 0.6 is 0 Å². The summed E-state index contributed by atoms with van der Waals surface area (Å²) in [5.74, 6) is 1.13. The van der Waals surface area contributed by atoms with E-state index in [2.05, 4.69) is 12.1 Å². The summed E-state index contributed by atoms with van der Waals surface area (Å²) in [6.45, 7) is 0.458. The second-order valence-electron chi connectivity index (χ2n) is 5.32. The van der Waals surface area contributed by atoms with E-state index in [1.165, 1.54) is 11.1 Å². The van der Waals surface area contributed by atoms with Gasteiger partial charge in [-0.25, -0.2) is 0 Å². The summed E-state index contributed by atoms with van der Waals surface area (Å²) in [5, 5.41) is 9.43. The Labute approximate surface area is 119 Å². The molecule has 20 heavy (non-hydrogen) atoms. The SMILES string of the molecule is NC1CCCc2cc(OCc3cccc(O)c3)ccc21. The summed E-state index contributed by atoms with van der Waals surface area (Å²) >= 11 is 0. The minimum absolute atomic E-state index is 0.166. The van der Waals surface area contributed by atoms with Crippen molar-refractivity contribution in [3.05, 3.63) is 59.2 Å². The highest BCUT2D eigenvalue weighted by molar-refractivity contribution is 5.39. The van der Waals surface area contributed by atoms with Gasteiger partial charge in [-0.3, -0.25) is 0 Å². The molecule has 0 radical (unpaired) electrons. The van der Waals surface area contributed by atoms with Crippen LogP contribution in [0.3, 0.4) is 0 Å². The standard InChI is InChI=1S/C17H19NO2/c18-17-6-2-4-13-10-15(7-8-16(13)17)20-11-12-3-1-5-14(19)9-12/h1,3,5,7-10,17,19H,2,4,6,11,18H2. The molecule has 2 aromatic rings. The van der Waals surface area contributed by atoms with Crippen LogP contribution in [-0.2, 0) is 13.0 Å². The van der Waals surface area contributed by atoms with Gasteiger partial charge in [0.15, 0.2) is 0 Å². The van der Waals surface area contributed by atoms with Crippen molar-refractivity contribution in [2.45, 2.75) is 31.9 Å². The summed E-state index contributed by atoms with van der Waals surface area (Å²) < 4.78 is 5.80. The van der Waals surface area contributed by atoms with Gasteiger partial charge >= 0.3 is 0 Å². The molecule has 0 fully saturated rings. The van der Waals surface area contributed by atoms with Crippen LogP contribution in [0.4, 0.5) is 0 Å². The lowest BCUT2D eigenvalue weighted by Gasteiger charge is -2.22. The lowest BCUT2D eigenvalue weighted by molar-refractivity contribution is 0.304. The maximum atomic E-state index is 9.43. The third-order valence-corrected chi connectivity index (χ3v) is 3.79. The number of nitrogens with two attached hydrogens (primary N) is 1. The summed E-state index contributed by atoms with van der Waals surface area (Å²) in [7, 11) is 0. The van der Waals surface area contributed by atoms with Gasteiger partial charge in [-0.2, -0.15) is 0 Å². The van der Waals surface area contributed by atoms with Gasteiger partial charge in [0, 0.05) is 6.04 Å². The Kier molecular flexibility index (Phi) is 3.61. The molecule has 3 nitrogen and oxygen atoms in total. The van der Waals surface area contributed by atoms with Gasteiger partial charge in [0.25, 0.3) is 0 Å². The van der Waals surface area contributed by atoms with E-state index in [0.29, 0.717) is 6.61 Å². The number of ether oxygens (including phenoxy) is 1. The van der Waals surface area contributed by atoms with Crippen LogP contribution in [0.1, 0.15) is 35.6 Å². The first-order chi connectivity index (χ1) is 9.72. The highest BCUT2D eigenvalue weighted by atomic mass is 16.5. The van der Waals surface area contributed by atoms with Crippen molar-refractivity contribution in [2.24, 2.45) is 5.73 Å². The third-order valence-electron chi connectivity index (χ3n) is 3.79. The lowest BCUT2D eigenvalue weighted by Crippen LogP contribution is -2.17. The smallest absolute Gasteiger partial charge is 0.120 e. The molecular formula is C17H19NO2. The van der Waals surface area contributed by atoms with E-state index in [1.54, 1.807) is 12.1 Å². The maximum Gasteiger partial charge on any atom is 0.120 e. The Morgan fingerprint density at radius 2 is 2.10 bits per heavy atom. The Hall–Kier alpha value is -2.00. The number of rotatable bonds is 3. The molecule has 0 saturated carbocycles. The van der Waals surface area contributed by atoms with Gasteiger partial charge in [-0.1, -0.05) is 18.2 Å². The lowest BCUT2D eigenvalue weighted by atomic mass is 9.88. The monoisotopic (exact) mass is 269 g/mol. The molecule has 1 aliphatic rings. The first kappa shape index (κ1) is 13.0. The molecule has 3 N–H and O–H groups in total. The summed E-state index contributed by atoms with van der Waals surface area (Å²) in [4.78, 5) is 0. The molecule has 0 aromatic heterocycles. The summed E-state index contributed by atoms with van der Waals surface area (Å²) in [6.07, 6.45) is 3.28. The fraction of sp³-hybridized carbons (Fsp3) is 0.294. The highest BCUT2D eigenvalue weighted by Gasteiger charge is 2.16. The van der Waals surface area contributed by atoms with Crippen molar-refractivity contribution >= 4 is 0 Å². The van der Waals surface area contributed by atoms with Crippen molar-refractivity contribution in [1.29, 1.82) is 0 Å². The highest BCUT2D eigenvalue weighted by Crippen LogP contribution is 2.30. The van der Waals surface area contributed by atoms with Crippen LogP contribution in [0.15, 0.2) is 42.5 Å². The second-order valence-corrected chi connectivity index (χ2v) is 5.32. The predicted molar refractivity (Wildman–Crippen MR) is 78.7 cm³/mol.